The second kappa shape index (κ2) is 6.56. The monoisotopic (exact) mass is 540 g/mol. The molecule has 2 N–H and O–H groups in total. The number of hydrogen-bond acceptors (Lipinski definition) is 6. The van der Waals surface area contributed by atoms with Gasteiger partial charge in [-0.25, -0.2) is 0 Å². The summed E-state index contributed by atoms with van der Waals surface area (Å²) in [6.45, 7) is 1.82. The topological polar surface area (TPSA) is 110 Å². The Kier molecular flexibility index (Phi) is 5.51. The van der Waals surface area contributed by atoms with Crippen LogP contribution in [-0.2, 0) is 7.05 Å². The molecule has 0 spiro atoms. The van der Waals surface area contributed by atoms with Crippen molar-refractivity contribution in [1.29, 1.82) is 5.26 Å². The van der Waals surface area contributed by atoms with E-state index in [1.165, 1.54) is 0 Å². The van der Waals surface area contributed by atoms with E-state index in [0.29, 0.717) is 22.9 Å². The molecule has 2 aromatic rings. The predicted octanol–water partition coefficient (Wildman–Crippen LogP) is -0.367. The van der Waals surface area contributed by atoms with E-state index in [0.717, 1.165) is 6.43 Å². The first-order chi connectivity index (χ1) is 8.95. The predicted molar refractivity (Wildman–Crippen MR) is 65.7 cm³/mol. The maximum atomic E-state index is 9.10. The van der Waals surface area contributed by atoms with Gasteiger partial charge < -0.3 is 0 Å². The number of aryl methyl sites for hydroxylation is 1. The fourth-order valence-corrected chi connectivity index (χ4v) is 9.67. The number of nitrogens with zero attached hydrogens (tertiary/aromatic N) is 7. The van der Waals surface area contributed by atoms with Gasteiger partial charge in [0.25, 0.3) is 0 Å². The van der Waals surface area contributed by atoms with Crippen LogP contribution in [0.25, 0.3) is 0 Å². The van der Waals surface area contributed by atoms with E-state index in [2.05, 4.69) is 26.5 Å². The molecular formula is C9H9N8RaRb. The molecule has 0 saturated heterocycles. The van der Waals surface area contributed by atoms with Crippen LogP contribution in [-0.4, -0.2) is 69.3 Å². The van der Waals surface area contributed by atoms with Crippen LogP contribution in [0.2, 0.25) is 0 Å². The molecule has 0 fully saturated rings. The fraction of sp³-hybridized carbons (Fsp3) is 0.222. The average molecular weight is 541 g/mol. The van der Waals surface area contributed by atoms with Crippen molar-refractivity contribution in [2.24, 2.45) is 17.3 Å². The van der Waals surface area contributed by atoms with Gasteiger partial charge in [-0.1, -0.05) is 0 Å². The molecule has 0 bridgehead atoms. The normalized spacial score (nSPS) is 11.1. The molecule has 0 aliphatic carbocycles. The number of rotatable bonds is 2. The van der Waals surface area contributed by atoms with Crippen molar-refractivity contribution in [3.63, 3.8) is 0 Å². The van der Waals surface area contributed by atoms with Crippen LogP contribution >= 0.6 is 0 Å². The van der Waals surface area contributed by atoms with Gasteiger partial charge in [0.05, 0.1) is 0 Å². The Balaban J connectivity index is 2.44. The summed E-state index contributed by atoms with van der Waals surface area (Å²) in [5.41, 5.74) is 7.78. The molecule has 88 valence electrons. The maximum absolute atomic E-state index is 9.10. The van der Waals surface area contributed by atoms with Crippen molar-refractivity contribution in [1.82, 2.24) is 13.3 Å². The molecule has 0 unspecified atom stereocenters. The molecule has 0 aromatic carbocycles. The summed E-state index contributed by atoms with van der Waals surface area (Å²) in [4.78, 5) is 0. The minimum absolute atomic E-state index is 0.0504. The molecule has 10 heteroatoms. The third kappa shape index (κ3) is 3.26. The first-order valence-electron chi connectivity index (χ1n) is 5.60. The van der Waals surface area contributed by atoms with E-state index in [9.17, 15) is 0 Å². The molecular weight excluding hydrogens is 532 g/mol. The second-order valence-electron chi connectivity index (χ2n) is 4.16. The van der Waals surface area contributed by atoms with Crippen LogP contribution in [0.4, 0.5) is 17.3 Å². The van der Waals surface area contributed by atoms with E-state index < -0.39 is 0 Å². The molecule has 0 radical (unpaired) electrons. The van der Waals surface area contributed by atoms with Crippen LogP contribution in [0, 0.1) is 61.0 Å². The minimum atomic E-state index is 0.0504. The molecule has 2 rings (SSSR count). The Bertz CT molecular complexity index is 707. The van der Waals surface area contributed by atoms with Gasteiger partial charge in [0.2, 0.25) is 0 Å². The van der Waals surface area contributed by atoms with Crippen LogP contribution in [0.3, 0.4) is 0 Å². The van der Waals surface area contributed by atoms with Crippen molar-refractivity contribution < 1.29 is 42.8 Å². The Morgan fingerprint density at radius 3 is 2.63 bits per heavy atom. The van der Waals surface area contributed by atoms with Gasteiger partial charge in [-0.15, -0.1) is 0 Å². The Morgan fingerprint density at radius 1 is 1.42 bits per heavy atom. The van der Waals surface area contributed by atoms with Crippen molar-refractivity contribution in [3.05, 3.63) is 11.3 Å². The van der Waals surface area contributed by atoms with Gasteiger partial charge in [0, 0.05) is 0 Å². The molecule has 0 saturated carbocycles. The summed E-state index contributed by atoms with van der Waals surface area (Å²) in [5.74, 6) is 0.899. The van der Waals surface area contributed by atoms with Gasteiger partial charge in [0.15, 0.2) is 0 Å². The molecule has 0 aliphatic rings. The van der Waals surface area contributed by atoms with Crippen LogP contribution in [0.15, 0.2) is 10.2 Å². The summed E-state index contributed by atoms with van der Waals surface area (Å²) >= 11 is 0.232. The number of nitriles is 1. The summed E-state index contributed by atoms with van der Waals surface area (Å²) in [5, 5.41) is 25.8. The molecule has 19 heavy (non-hydrogen) atoms. The Morgan fingerprint density at radius 2 is 2.11 bits per heavy atom. The van der Waals surface area contributed by atoms with Gasteiger partial charge in [-0.2, -0.15) is 0 Å². The number of nitrogen functional groups attached to an aromatic ring is 1. The van der Waals surface area contributed by atoms with Gasteiger partial charge in [-0.3, -0.25) is 0 Å². The van der Waals surface area contributed by atoms with Crippen molar-refractivity contribution in [2.45, 2.75) is 6.92 Å². The van der Waals surface area contributed by atoms with Crippen LogP contribution in [0.1, 0.15) is 11.3 Å². The summed E-state index contributed by atoms with van der Waals surface area (Å²) in [6, 6.07) is 2.09. The van der Waals surface area contributed by atoms with Crippen molar-refractivity contribution >= 4 is 74.1 Å². The third-order valence-electron chi connectivity index (χ3n) is 2.91. The average Bonchev–Trinajstić information content (AvgIpc) is 2.76. The van der Waals surface area contributed by atoms with E-state index in [1.807, 2.05) is 6.92 Å². The van der Waals surface area contributed by atoms with Gasteiger partial charge in [-0.05, 0) is 0 Å². The van der Waals surface area contributed by atoms with Crippen LogP contribution in [0.5, 0.6) is 0 Å². The molecule has 8 nitrogen and oxygen atoms in total. The quantitative estimate of drug-likeness (QED) is 0.525. The van der Waals surface area contributed by atoms with E-state index >= 15 is 0 Å². The zero-order chi connectivity index (χ0) is 14.2. The van der Waals surface area contributed by atoms with Crippen molar-refractivity contribution in [3.8, 4) is 6.07 Å². The summed E-state index contributed by atoms with van der Waals surface area (Å²) in [6.07, 6.45) is 0. The van der Waals surface area contributed by atoms with Crippen molar-refractivity contribution in [2.75, 3.05) is 5.73 Å². The van der Waals surface area contributed by atoms with E-state index in [-0.39, 0.29) is 98.8 Å². The van der Waals surface area contributed by atoms with Crippen LogP contribution < -0.4 is 6.47 Å². The van der Waals surface area contributed by atoms with E-state index in [4.69, 9.17) is 11.0 Å². The summed E-state index contributed by atoms with van der Waals surface area (Å²) in [7, 11) is 1.77. The molecule has 0 aliphatic heterocycles. The van der Waals surface area contributed by atoms with Gasteiger partial charge >= 0.3 is 183 Å². The Hall–Kier alpha value is 0.583. The Labute approximate surface area is 178 Å². The fourth-order valence-electron chi connectivity index (χ4n) is 1.68. The zero-order valence-electron chi connectivity index (χ0n) is 11.2. The number of azo groups is 1. The number of hydrogen-bond donors (Lipinski definition) is 1. The zero-order valence-corrected chi connectivity index (χ0v) is 24.3. The number of nitrogens with two attached hydrogens (primary N) is 1. The third-order valence-corrected chi connectivity index (χ3v) is 7.35. The summed E-state index contributed by atoms with van der Waals surface area (Å²) < 4.78 is 4.37. The van der Waals surface area contributed by atoms with Gasteiger partial charge in [0.1, 0.15) is 0 Å². The number of aromatic nitrogens is 4. The standard InChI is InChI=1S/C9H8N8.Ra.Rb.H/c1-5-6(3-10)9(16-17(5)2)15-13-7-4-12-14-8(7)11;;;/h1-2H3,(H2-,11,12,14);;;/q-1;;+1;. The van der Waals surface area contributed by atoms with E-state index in [1.54, 1.807) is 10.2 Å². The second-order valence-corrected chi connectivity index (χ2v) is 10.1. The first-order valence-corrected chi connectivity index (χ1v) is 11.9. The SMILES string of the molecule is Cc1c(C#N)c(N=Nc2[c]([RaH])n[n]([Rb])c2N)nn1C. The number of anilines is 1. The molecule has 2 heterocycles. The molecule has 2 aromatic heterocycles. The first kappa shape index (κ1) is 16.0. The molecule has 0 atom stereocenters. The molecule has 0 amide bonds.